The molecule has 0 amide bonds. The molecule has 0 atom stereocenters. The van der Waals surface area contributed by atoms with Gasteiger partial charge in [-0.1, -0.05) is 0 Å². The third-order valence-electron chi connectivity index (χ3n) is 1.85. The average Bonchev–Trinajstić information content (AvgIpc) is 2.15. The number of hydrogen-bond acceptors (Lipinski definition) is 0. The number of halogens is 2. The summed E-state index contributed by atoms with van der Waals surface area (Å²) in [6.45, 7) is 2.23. The molecule has 0 aliphatic heterocycles. The van der Waals surface area contributed by atoms with E-state index < -0.39 is 15.7 Å². The van der Waals surface area contributed by atoms with Crippen LogP contribution in [0, 0.1) is 0 Å². The van der Waals surface area contributed by atoms with E-state index in [2.05, 4.69) is 31.2 Å². The van der Waals surface area contributed by atoms with Gasteiger partial charge in [0.25, 0.3) is 0 Å². The first-order valence-electron chi connectivity index (χ1n) is 5.24. The molecule has 0 radical (unpaired) electrons. The summed E-state index contributed by atoms with van der Waals surface area (Å²) in [5.74, 6) is 0. The van der Waals surface area contributed by atoms with Crippen LogP contribution in [0.2, 0.25) is 4.73 Å². The first kappa shape index (κ1) is 14.8. The van der Waals surface area contributed by atoms with Gasteiger partial charge in [0.15, 0.2) is 0 Å². The average molecular weight is 270 g/mol. The molecule has 0 spiro atoms. The molecule has 0 N–H and O–H groups in total. The molecule has 0 aliphatic carbocycles. The normalized spacial score (nSPS) is 11.6. The molecule has 0 aromatic heterocycles. The van der Waals surface area contributed by atoms with Crippen LogP contribution < -0.4 is 0 Å². The third-order valence-corrected chi connectivity index (χ3v) is 3.97. The molecule has 0 unspecified atom stereocenters. The van der Waals surface area contributed by atoms with Crippen LogP contribution in [0.1, 0.15) is 39.0 Å². The monoisotopic (exact) mass is 269 g/mol. The van der Waals surface area contributed by atoms with Gasteiger partial charge in [0.05, 0.1) is 0 Å². The maximum atomic E-state index is 5.74. The topological polar surface area (TPSA) is 0 Å². The Morgan fingerprint density at radius 2 is 1.71 bits per heavy atom. The van der Waals surface area contributed by atoms with Gasteiger partial charge < -0.3 is 0 Å². The van der Waals surface area contributed by atoms with Crippen molar-refractivity contribution in [1.82, 2.24) is 0 Å². The van der Waals surface area contributed by atoms with Crippen molar-refractivity contribution in [3.63, 3.8) is 0 Å². The predicted octanol–water partition coefficient (Wildman–Crippen LogP) is 5.41. The fraction of sp³-hybridized carbons (Fsp3) is 0.636. The van der Waals surface area contributed by atoms with Gasteiger partial charge in [-0.3, -0.25) is 0 Å². The second-order valence-corrected chi connectivity index (χ2v) is 9.47. The Morgan fingerprint density at radius 1 is 1.00 bits per heavy atom. The van der Waals surface area contributed by atoms with Crippen LogP contribution in [0.3, 0.4) is 0 Å². The summed E-state index contributed by atoms with van der Waals surface area (Å²) >= 11 is -1.64. The molecular formula is C11H19Cl2Ti. The van der Waals surface area contributed by atoms with E-state index in [0.717, 1.165) is 11.1 Å². The van der Waals surface area contributed by atoms with Crippen molar-refractivity contribution in [2.24, 2.45) is 0 Å². The van der Waals surface area contributed by atoms with Gasteiger partial charge in [-0.05, 0) is 0 Å². The molecule has 81 valence electrons. The van der Waals surface area contributed by atoms with E-state index in [-0.39, 0.29) is 0 Å². The van der Waals surface area contributed by atoms with Gasteiger partial charge >= 0.3 is 102 Å². The Morgan fingerprint density at radius 3 is 2.36 bits per heavy atom. The zero-order chi connectivity index (χ0) is 10.6. The third kappa shape index (κ3) is 12.8. The first-order chi connectivity index (χ1) is 6.77. The van der Waals surface area contributed by atoms with Gasteiger partial charge in [0, 0.05) is 0 Å². The van der Waals surface area contributed by atoms with E-state index in [1.807, 2.05) is 0 Å². The number of hydrogen-bond donors (Lipinski definition) is 0. The standard InChI is InChI=1S/C11H19.2ClH.Ti/c1-3-5-7-9-11-10-8-6-4-2;;;/h3,5,9,11H,1,4,6-8,10H2,2H3;2*1H;/q;;;+2/p-2. The molecule has 0 aliphatic rings. The van der Waals surface area contributed by atoms with Gasteiger partial charge in [-0.2, -0.15) is 0 Å². The molecule has 0 bridgehead atoms. The Hall–Kier alpha value is 0.774. The SMILES string of the molecule is CCCCCC=CCC=C[CH2][Ti]([Cl])[Cl]. The zero-order valence-electron chi connectivity index (χ0n) is 8.81. The zero-order valence-corrected chi connectivity index (χ0v) is 11.9. The Balaban J connectivity index is 3.21. The Kier molecular flexibility index (Phi) is 12.5. The number of rotatable bonds is 8. The van der Waals surface area contributed by atoms with Gasteiger partial charge in [-0.15, -0.1) is 0 Å². The minimum atomic E-state index is -1.64. The van der Waals surface area contributed by atoms with Gasteiger partial charge in [-0.25, -0.2) is 0 Å². The minimum absolute atomic E-state index is 0.910. The summed E-state index contributed by atoms with van der Waals surface area (Å²) in [5, 5.41) is 0. The quantitative estimate of drug-likeness (QED) is 0.314. The number of unbranched alkanes of at least 4 members (excludes halogenated alkanes) is 3. The molecular weight excluding hydrogens is 251 g/mol. The van der Waals surface area contributed by atoms with Crippen LogP contribution in [0.15, 0.2) is 24.3 Å². The van der Waals surface area contributed by atoms with E-state index in [4.69, 9.17) is 18.6 Å². The summed E-state index contributed by atoms with van der Waals surface area (Å²) in [6.07, 6.45) is 14.9. The van der Waals surface area contributed by atoms with E-state index in [0.29, 0.717) is 0 Å². The van der Waals surface area contributed by atoms with Crippen molar-refractivity contribution < 1.29 is 15.7 Å². The van der Waals surface area contributed by atoms with Crippen LogP contribution in [-0.2, 0) is 15.7 Å². The molecule has 0 nitrogen and oxygen atoms in total. The summed E-state index contributed by atoms with van der Waals surface area (Å²) in [5.41, 5.74) is 0. The van der Waals surface area contributed by atoms with Crippen molar-refractivity contribution in [1.29, 1.82) is 0 Å². The predicted molar refractivity (Wildman–Crippen MR) is 63.6 cm³/mol. The van der Waals surface area contributed by atoms with Crippen molar-refractivity contribution in [2.45, 2.75) is 43.8 Å². The van der Waals surface area contributed by atoms with E-state index in [1.165, 1.54) is 25.7 Å². The molecule has 0 fully saturated rings. The second kappa shape index (κ2) is 11.8. The van der Waals surface area contributed by atoms with E-state index in [1.54, 1.807) is 0 Å². The molecule has 14 heavy (non-hydrogen) atoms. The van der Waals surface area contributed by atoms with Gasteiger partial charge in [0.1, 0.15) is 0 Å². The van der Waals surface area contributed by atoms with Crippen LogP contribution in [0.25, 0.3) is 0 Å². The Bertz CT molecular complexity index is 165. The summed E-state index contributed by atoms with van der Waals surface area (Å²) in [6, 6.07) is 0. The maximum absolute atomic E-state index is 5.74. The summed E-state index contributed by atoms with van der Waals surface area (Å²) in [7, 11) is 11.5. The summed E-state index contributed by atoms with van der Waals surface area (Å²) < 4.78 is 0.910. The van der Waals surface area contributed by atoms with Crippen LogP contribution >= 0.6 is 18.6 Å². The van der Waals surface area contributed by atoms with Crippen molar-refractivity contribution >= 4 is 18.6 Å². The van der Waals surface area contributed by atoms with Crippen LogP contribution in [0.5, 0.6) is 0 Å². The van der Waals surface area contributed by atoms with Gasteiger partial charge in [0.2, 0.25) is 0 Å². The molecule has 0 heterocycles. The molecule has 3 heteroatoms. The molecule has 0 saturated heterocycles. The second-order valence-electron chi connectivity index (χ2n) is 3.22. The molecule has 0 aromatic rings. The molecule has 0 aromatic carbocycles. The molecule has 0 rings (SSSR count). The molecule has 0 saturated carbocycles. The van der Waals surface area contributed by atoms with Crippen LogP contribution in [0.4, 0.5) is 0 Å². The fourth-order valence-corrected chi connectivity index (χ4v) is 2.35. The van der Waals surface area contributed by atoms with E-state index >= 15 is 0 Å². The van der Waals surface area contributed by atoms with Crippen molar-refractivity contribution in [3.8, 4) is 0 Å². The fourth-order valence-electron chi connectivity index (χ4n) is 1.07. The Labute approximate surface area is 102 Å². The number of allylic oxidation sites excluding steroid dienone is 4. The first-order valence-corrected chi connectivity index (χ1v) is 10.6. The van der Waals surface area contributed by atoms with Crippen LogP contribution in [-0.4, -0.2) is 0 Å². The van der Waals surface area contributed by atoms with Crippen molar-refractivity contribution in [2.75, 3.05) is 0 Å². The summed E-state index contributed by atoms with van der Waals surface area (Å²) in [4.78, 5) is 0. The van der Waals surface area contributed by atoms with Crippen molar-refractivity contribution in [3.05, 3.63) is 24.3 Å². The van der Waals surface area contributed by atoms with E-state index in [9.17, 15) is 0 Å².